The second-order valence-electron chi connectivity index (χ2n) is 5.84. The number of anilines is 1. The van der Waals surface area contributed by atoms with Gasteiger partial charge in [-0.1, -0.05) is 30.0 Å². The number of carbonyl (C=O) groups is 2. The molecule has 1 aliphatic rings. The quantitative estimate of drug-likeness (QED) is 0.450. The molecular formula is C20H16BrNO5S2. The van der Waals surface area contributed by atoms with Gasteiger partial charge in [-0.3, -0.25) is 9.69 Å². The van der Waals surface area contributed by atoms with Gasteiger partial charge in [0.1, 0.15) is 0 Å². The van der Waals surface area contributed by atoms with E-state index in [0.29, 0.717) is 37.5 Å². The van der Waals surface area contributed by atoms with Gasteiger partial charge in [-0.25, -0.2) is 4.79 Å². The van der Waals surface area contributed by atoms with Crippen LogP contribution in [-0.2, 0) is 4.79 Å². The minimum Gasteiger partial charge on any atom is -0.492 e. The first kappa shape index (κ1) is 21.4. The first-order valence-electron chi connectivity index (χ1n) is 8.47. The number of carbonyl (C=O) groups excluding carboxylic acids is 1. The van der Waals surface area contributed by atoms with Crippen LogP contribution < -0.4 is 14.4 Å². The number of nitrogens with zero attached hydrogens (tertiary/aromatic N) is 1. The van der Waals surface area contributed by atoms with Crippen LogP contribution in [0.4, 0.5) is 5.69 Å². The third-order valence-corrected chi connectivity index (χ3v) is 5.87. The van der Waals surface area contributed by atoms with E-state index in [1.165, 1.54) is 17.0 Å². The van der Waals surface area contributed by atoms with Crippen molar-refractivity contribution in [3.63, 3.8) is 0 Å². The van der Waals surface area contributed by atoms with Crippen LogP contribution in [0.1, 0.15) is 22.8 Å². The molecule has 0 aliphatic carbocycles. The van der Waals surface area contributed by atoms with Crippen molar-refractivity contribution in [2.45, 2.75) is 6.92 Å². The topological polar surface area (TPSA) is 76.1 Å². The number of benzene rings is 2. The number of ether oxygens (including phenoxy) is 2. The molecule has 3 rings (SSSR count). The van der Waals surface area contributed by atoms with E-state index in [-0.39, 0.29) is 11.5 Å². The van der Waals surface area contributed by atoms with Gasteiger partial charge in [0, 0.05) is 0 Å². The van der Waals surface area contributed by atoms with E-state index in [0.717, 1.165) is 17.3 Å². The molecule has 1 saturated heterocycles. The molecule has 0 radical (unpaired) electrons. The summed E-state index contributed by atoms with van der Waals surface area (Å²) in [5, 5.41) is 9.19. The number of carboxylic acid groups (broad SMARTS) is 1. The van der Waals surface area contributed by atoms with Crippen LogP contribution in [0.15, 0.2) is 45.8 Å². The molecule has 0 atom stereocenters. The lowest BCUT2D eigenvalue weighted by atomic mass is 10.1. The Morgan fingerprint density at radius 2 is 2.10 bits per heavy atom. The number of methoxy groups -OCH3 is 1. The molecule has 29 heavy (non-hydrogen) atoms. The first-order valence-corrected chi connectivity index (χ1v) is 10.5. The number of amides is 1. The number of hydrogen-bond acceptors (Lipinski definition) is 6. The molecule has 1 heterocycles. The summed E-state index contributed by atoms with van der Waals surface area (Å²) in [5.41, 5.74) is 1.24. The highest BCUT2D eigenvalue weighted by atomic mass is 79.9. The highest BCUT2D eigenvalue weighted by Gasteiger charge is 2.33. The lowest BCUT2D eigenvalue weighted by Crippen LogP contribution is -2.27. The zero-order valence-electron chi connectivity index (χ0n) is 15.5. The highest BCUT2D eigenvalue weighted by molar-refractivity contribution is 9.10. The summed E-state index contributed by atoms with van der Waals surface area (Å²) in [4.78, 5) is 25.9. The fourth-order valence-corrected chi connectivity index (χ4v) is 4.67. The number of thioether (sulfide) groups is 1. The minimum absolute atomic E-state index is 0.0842. The van der Waals surface area contributed by atoms with E-state index >= 15 is 0 Å². The Morgan fingerprint density at radius 1 is 1.34 bits per heavy atom. The van der Waals surface area contributed by atoms with Gasteiger partial charge >= 0.3 is 5.97 Å². The van der Waals surface area contributed by atoms with E-state index in [2.05, 4.69) is 15.9 Å². The molecule has 6 nitrogen and oxygen atoms in total. The van der Waals surface area contributed by atoms with Gasteiger partial charge in [-0.2, -0.15) is 0 Å². The predicted molar refractivity (Wildman–Crippen MR) is 121 cm³/mol. The summed E-state index contributed by atoms with van der Waals surface area (Å²) in [6.07, 6.45) is 1.72. The van der Waals surface area contributed by atoms with Crippen molar-refractivity contribution in [2.24, 2.45) is 0 Å². The van der Waals surface area contributed by atoms with Gasteiger partial charge in [0.2, 0.25) is 0 Å². The molecule has 0 unspecified atom stereocenters. The fraction of sp³-hybridized carbons (Fsp3) is 0.150. The monoisotopic (exact) mass is 493 g/mol. The van der Waals surface area contributed by atoms with Crippen LogP contribution in [0, 0.1) is 0 Å². The van der Waals surface area contributed by atoms with Gasteiger partial charge in [0.25, 0.3) is 5.91 Å². The van der Waals surface area contributed by atoms with Crippen molar-refractivity contribution < 1.29 is 24.2 Å². The Labute approximate surface area is 185 Å². The van der Waals surface area contributed by atoms with Crippen LogP contribution in [0.5, 0.6) is 11.5 Å². The Hall–Kier alpha value is -2.36. The van der Waals surface area contributed by atoms with Crippen molar-refractivity contribution in [1.82, 2.24) is 0 Å². The van der Waals surface area contributed by atoms with E-state index in [9.17, 15) is 14.7 Å². The number of hydrogen-bond donors (Lipinski definition) is 1. The Bertz CT molecular complexity index is 1040. The van der Waals surface area contributed by atoms with Crippen molar-refractivity contribution in [3.8, 4) is 11.5 Å². The maximum absolute atomic E-state index is 13.0. The predicted octanol–water partition coefficient (Wildman–Crippen LogP) is 4.96. The van der Waals surface area contributed by atoms with Crippen molar-refractivity contribution in [2.75, 3.05) is 18.6 Å². The minimum atomic E-state index is -1.07. The summed E-state index contributed by atoms with van der Waals surface area (Å²) < 4.78 is 12.0. The van der Waals surface area contributed by atoms with Gasteiger partial charge < -0.3 is 14.6 Å². The number of aromatic carboxylic acids is 1. The molecular weight excluding hydrogens is 478 g/mol. The smallest absolute Gasteiger partial charge is 0.335 e. The fourth-order valence-electron chi connectivity index (χ4n) is 2.75. The Balaban J connectivity index is 1.96. The van der Waals surface area contributed by atoms with Gasteiger partial charge in [-0.15, -0.1) is 0 Å². The van der Waals surface area contributed by atoms with Crippen LogP contribution in [0.25, 0.3) is 6.08 Å². The molecule has 0 bridgehead atoms. The molecule has 150 valence electrons. The third-order valence-electron chi connectivity index (χ3n) is 3.98. The molecule has 1 N–H and O–H groups in total. The summed E-state index contributed by atoms with van der Waals surface area (Å²) in [6.45, 7) is 2.34. The lowest BCUT2D eigenvalue weighted by Gasteiger charge is -2.15. The maximum atomic E-state index is 13.0. The van der Waals surface area contributed by atoms with Gasteiger partial charge in [0.15, 0.2) is 15.8 Å². The largest absolute Gasteiger partial charge is 0.492 e. The van der Waals surface area contributed by atoms with E-state index in [1.54, 1.807) is 31.4 Å². The number of halogens is 1. The molecule has 1 amide bonds. The summed E-state index contributed by atoms with van der Waals surface area (Å²) >= 11 is 9.97. The number of rotatable bonds is 6. The molecule has 0 aromatic heterocycles. The molecule has 0 saturated carbocycles. The number of carboxylic acids is 1. The van der Waals surface area contributed by atoms with E-state index in [1.807, 2.05) is 13.0 Å². The number of thiocarbonyl (C=S) groups is 1. The standard InChI is InChI=1S/C20H16BrNO5S2/c1-3-27-15-8-11(7-14(21)17(15)26-2)9-16-18(23)22(20(28)29-16)13-6-4-5-12(10-13)19(24)25/h4-10H,3H2,1-2H3,(H,24,25)/b16-9+. The van der Waals surface area contributed by atoms with Crippen LogP contribution in [0.2, 0.25) is 0 Å². The van der Waals surface area contributed by atoms with Crippen molar-refractivity contribution in [1.29, 1.82) is 0 Å². The summed E-state index contributed by atoms with van der Waals surface area (Å²) in [5.74, 6) is -0.255. The lowest BCUT2D eigenvalue weighted by molar-refractivity contribution is -0.113. The van der Waals surface area contributed by atoms with Gasteiger partial charge in [0.05, 0.1) is 34.3 Å². The Morgan fingerprint density at radius 3 is 2.76 bits per heavy atom. The van der Waals surface area contributed by atoms with Crippen LogP contribution >= 0.6 is 39.9 Å². The molecule has 9 heteroatoms. The van der Waals surface area contributed by atoms with Crippen molar-refractivity contribution in [3.05, 3.63) is 56.9 Å². The average Bonchev–Trinajstić information content (AvgIpc) is 2.95. The molecule has 2 aromatic rings. The summed E-state index contributed by atoms with van der Waals surface area (Å²) in [6, 6.07) is 9.72. The molecule has 2 aromatic carbocycles. The Kier molecular flexibility index (Phi) is 6.61. The zero-order chi connectivity index (χ0) is 21.1. The molecule has 0 spiro atoms. The van der Waals surface area contributed by atoms with Crippen LogP contribution in [0.3, 0.4) is 0 Å². The second kappa shape index (κ2) is 8.98. The maximum Gasteiger partial charge on any atom is 0.335 e. The highest BCUT2D eigenvalue weighted by Crippen LogP contribution is 2.40. The zero-order valence-corrected chi connectivity index (χ0v) is 18.7. The first-order chi connectivity index (χ1) is 13.8. The SMILES string of the molecule is CCOc1cc(/C=C2/SC(=S)N(c3cccc(C(=O)O)c3)C2=O)cc(Br)c1OC. The summed E-state index contributed by atoms with van der Waals surface area (Å²) in [7, 11) is 1.55. The van der Waals surface area contributed by atoms with Crippen molar-refractivity contribution >= 4 is 67.9 Å². The van der Waals surface area contributed by atoms with Gasteiger partial charge in [-0.05, 0) is 64.8 Å². The van der Waals surface area contributed by atoms with E-state index in [4.69, 9.17) is 21.7 Å². The second-order valence-corrected chi connectivity index (χ2v) is 8.37. The van der Waals surface area contributed by atoms with Crippen LogP contribution in [-0.4, -0.2) is 35.0 Å². The normalized spacial score (nSPS) is 15.1. The molecule has 1 fully saturated rings. The average molecular weight is 494 g/mol. The van der Waals surface area contributed by atoms with E-state index < -0.39 is 5.97 Å². The third kappa shape index (κ3) is 4.47. The molecule has 1 aliphatic heterocycles.